The standard InChI is InChI=1S/C7H10N2O2/c8-5-6(9-10)7-3-1-2-4-11-7/h7,10H,1-4H2. The molecule has 11 heavy (non-hydrogen) atoms. The lowest BCUT2D eigenvalue weighted by Gasteiger charge is -2.19. The number of hydrogen-bond donors (Lipinski definition) is 1. The first-order chi connectivity index (χ1) is 5.38. The molecule has 1 saturated heterocycles. The van der Waals surface area contributed by atoms with Gasteiger partial charge in [0.25, 0.3) is 0 Å². The van der Waals surface area contributed by atoms with E-state index in [1.54, 1.807) is 6.07 Å². The lowest BCUT2D eigenvalue weighted by atomic mass is 10.1. The minimum Gasteiger partial charge on any atom is -0.410 e. The van der Waals surface area contributed by atoms with E-state index in [-0.39, 0.29) is 11.8 Å². The molecule has 1 fully saturated rings. The van der Waals surface area contributed by atoms with Gasteiger partial charge in [0, 0.05) is 6.61 Å². The predicted octanol–water partition coefficient (Wildman–Crippen LogP) is 0.909. The molecule has 4 heteroatoms. The first-order valence-electron chi connectivity index (χ1n) is 3.62. The molecule has 1 N–H and O–H groups in total. The third-order valence-corrected chi connectivity index (χ3v) is 1.71. The quantitative estimate of drug-likeness (QED) is 0.347. The molecule has 1 unspecified atom stereocenters. The van der Waals surface area contributed by atoms with E-state index in [2.05, 4.69) is 5.16 Å². The average Bonchev–Trinajstić information content (AvgIpc) is 2.09. The van der Waals surface area contributed by atoms with E-state index in [1.165, 1.54) is 0 Å². The zero-order valence-corrected chi connectivity index (χ0v) is 6.16. The van der Waals surface area contributed by atoms with Gasteiger partial charge in [-0.25, -0.2) is 0 Å². The molecule has 1 rings (SSSR count). The Bertz CT molecular complexity index is 189. The summed E-state index contributed by atoms with van der Waals surface area (Å²) >= 11 is 0. The van der Waals surface area contributed by atoms with E-state index < -0.39 is 0 Å². The maximum Gasteiger partial charge on any atom is 0.185 e. The fourth-order valence-electron chi connectivity index (χ4n) is 1.12. The Morgan fingerprint density at radius 3 is 2.91 bits per heavy atom. The normalized spacial score (nSPS) is 26.1. The summed E-state index contributed by atoms with van der Waals surface area (Å²) in [6, 6.07) is 1.80. The third-order valence-electron chi connectivity index (χ3n) is 1.71. The number of hydrogen-bond acceptors (Lipinski definition) is 4. The molecule has 0 amide bonds. The highest BCUT2D eigenvalue weighted by atomic mass is 16.5. The zero-order valence-electron chi connectivity index (χ0n) is 6.16. The van der Waals surface area contributed by atoms with E-state index in [0.29, 0.717) is 6.61 Å². The van der Waals surface area contributed by atoms with Crippen LogP contribution in [0.5, 0.6) is 0 Å². The van der Waals surface area contributed by atoms with Crippen LogP contribution in [0.1, 0.15) is 19.3 Å². The van der Waals surface area contributed by atoms with E-state index in [9.17, 15) is 0 Å². The highest BCUT2D eigenvalue weighted by molar-refractivity contribution is 6.01. The molecule has 0 aromatic carbocycles. The first kappa shape index (κ1) is 8.02. The van der Waals surface area contributed by atoms with Crippen LogP contribution in [0.25, 0.3) is 0 Å². The molecule has 1 aliphatic rings. The highest BCUT2D eigenvalue weighted by Gasteiger charge is 2.19. The molecular formula is C7H10N2O2. The van der Waals surface area contributed by atoms with Crippen molar-refractivity contribution < 1.29 is 9.94 Å². The molecule has 0 radical (unpaired) electrons. The monoisotopic (exact) mass is 154 g/mol. The topological polar surface area (TPSA) is 65.6 Å². The van der Waals surface area contributed by atoms with Gasteiger partial charge in [0.15, 0.2) is 5.71 Å². The summed E-state index contributed by atoms with van der Waals surface area (Å²) in [4.78, 5) is 0. The number of oxime groups is 1. The average molecular weight is 154 g/mol. The Balaban J connectivity index is 2.52. The van der Waals surface area contributed by atoms with E-state index in [0.717, 1.165) is 19.3 Å². The molecule has 0 spiro atoms. The Labute approximate surface area is 65.1 Å². The molecule has 0 aromatic heterocycles. The van der Waals surface area contributed by atoms with Crippen LogP contribution in [-0.2, 0) is 4.74 Å². The summed E-state index contributed by atoms with van der Waals surface area (Å²) in [7, 11) is 0. The second-order valence-electron chi connectivity index (χ2n) is 2.45. The van der Waals surface area contributed by atoms with Gasteiger partial charge in [0.05, 0.1) is 0 Å². The van der Waals surface area contributed by atoms with Crippen LogP contribution in [0.2, 0.25) is 0 Å². The Morgan fingerprint density at radius 2 is 2.45 bits per heavy atom. The second-order valence-corrected chi connectivity index (χ2v) is 2.45. The van der Waals surface area contributed by atoms with Gasteiger partial charge in [-0.1, -0.05) is 5.16 Å². The molecule has 1 aliphatic heterocycles. The van der Waals surface area contributed by atoms with E-state index in [1.807, 2.05) is 0 Å². The van der Waals surface area contributed by atoms with Crippen molar-refractivity contribution in [3.05, 3.63) is 0 Å². The summed E-state index contributed by atoms with van der Waals surface area (Å²) in [5.41, 5.74) is 0.0877. The van der Waals surface area contributed by atoms with Gasteiger partial charge in [-0.2, -0.15) is 5.26 Å². The van der Waals surface area contributed by atoms with Crippen molar-refractivity contribution in [1.29, 1.82) is 5.26 Å². The van der Waals surface area contributed by atoms with Crippen molar-refractivity contribution in [2.45, 2.75) is 25.4 Å². The van der Waals surface area contributed by atoms with Crippen LogP contribution in [0, 0.1) is 11.3 Å². The molecule has 4 nitrogen and oxygen atoms in total. The van der Waals surface area contributed by atoms with Crippen LogP contribution in [-0.4, -0.2) is 23.6 Å². The van der Waals surface area contributed by atoms with E-state index >= 15 is 0 Å². The predicted molar refractivity (Wildman–Crippen MR) is 38.4 cm³/mol. The van der Waals surface area contributed by atoms with Crippen molar-refractivity contribution in [3.8, 4) is 6.07 Å². The van der Waals surface area contributed by atoms with Gasteiger partial charge in [0.1, 0.15) is 12.2 Å². The fourth-order valence-corrected chi connectivity index (χ4v) is 1.12. The van der Waals surface area contributed by atoms with Crippen molar-refractivity contribution in [2.24, 2.45) is 5.16 Å². The fraction of sp³-hybridized carbons (Fsp3) is 0.714. The zero-order chi connectivity index (χ0) is 8.10. The molecule has 0 bridgehead atoms. The van der Waals surface area contributed by atoms with Gasteiger partial charge in [-0.15, -0.1) is 0 Å². The van der Waals surface area contributed by atoms with Crippen LogP contribution in [0.15, 0.2) is 5.16 Å². The summed E-state index contributed by atoms with van der Waals surface area (Å²) in [6.07, 6.45) is 2.57. The number of ether oxygens (including phenoxy) is 1. The lowest BCUT2D eigenvalue weighted by Crippen LogP contribution is -2.27. The minimum atomic E-state index is -0.279. The van der Waals surface area contributed by atoms with Gasteiger partial charge in [-0.05, 0) is 19.3 Å². The van der Waals surface area contributed by atoms with Gasteiger partial charge < -0.3 is 9.94 Å². The van der Waals surface area contributed by atoms with Gasteiger partial charge in [-0.3, -0.25) is 0 Å². The SMILES string of the molecule is N#CC(=NO)C1CCCCO1. The molecule has 0 aromatic rings. The molecule has 1 heterocycles. The van der Waals surface area contributed by atoms with Crippen LogP contribution >= 0.6 is 0 Å². The summed E-state index contributed by atoms with van der Waals surface area (Å²) in [5.74, 6) is 0. The van der Waals surface area contributed by atoms with Gasteiger partial charge >= 0.3 is 0 Å². The summed E-state index contributed by atoms with van der Waals surface area (Å²) in [6.45, 7) is 0.658. The Kier molecular flexibility index (Phi) is 2.87. The second kappa shape index (κ2) is 3.94. The maximum atomic E-state index is 8.46. The van der Waals surface area contributed by atoms with Crippen LogP contribution < -0.4 is 0 Å². The van der Waals surface area contributed by atoms with Crippen molar-refractivity contribution in [2.75, 3.05) is 6.61 Å². The maximum absolute atomic E-state index is 8.46. The Hall–Kier alpha value is -1.08. The summed E-state index contributed by atoms with van der Waals surface area (Å²) < 4.78 is 5.21. The molecule has 0 aliphatic carbocycles. The van der Waals surface area contributed by atoms with Crippen molar-refractivity contribution in [3.63, 3.8) is 0 Å². The first-order valence-corrected chi connectivity index (χ1v) is 3.62. The number of nitrogens with zero attached hydrogens (tertiary/aromatic N) is 2. The summed E-state index contributed by atoms with van der Waals surface area (Å²) in [5, 5.41) is 19.7. The third kappa shape index (κ3) is 1.92. The lowest BCUT2D eigenvalue weighted by molar-refractivity contribution is 0.0575. The smallest absolute Gasteiger partial charge is 0.185 e. The van der Waals surface area contributed by atoms with Crippen molar-refractivity contribution >= 4 is 5.71 Å². The van der Waals surface area contributed by atoms with Crippen LogP contribution in [0.4, 0.5) is 0 Å². The van der Waals surface area contributed by atoms with Crippen molar-refractivity contribution in [1.82, 2.24) is 0 Å². The van der Waals surface area contributed by atoms with E-state index in [4.69, 9.17) is 15.2 Å². The number of rotatable bonds is 1. The highest BCUT2D eigenvalue weighted by Crippen LogP contribution is 2.13. The Morgan fingerprint density at radius 1 is 1.64 bits per heavy atom. The van der Waals surface area contributed by atoms with Crippen LogP contribution in [0.3, 0.4) is 0 Å². The molecule has 60 valence electrons. The molecular weight excluding hydrogens is 144 g/mol. The molecule has 1 atom stereocenters. The number of nitriles is 1. The molecule has 0 saturated carbocycles. The minimum absolute atomic E-state index is 0.0877. The largest absolute Gasteiger partial charge is 0.410 e. The van der Waals surface area contributed by atoms with Gasteiger partial charge in [0.2, 0.25) is 0 Å².